The molecule has 0 unspecified atom stereocenters. The van der Waals surface area contributed by atoms with Crippen LogP contribution in [-0.4, -0.2) is 51.7 Å². The van der Waals surface area contributed by atoms with Crippen molar-refractivity contribution in [2.75, 3.05) is 41.6 Å². The highest BCUT2D eigenvalue weighted by molar-refractivity contribution is 7.92. The molecule has 2 heterocycles. The first kappa shape index (κ1) is 19.2. The highest BCUT2D eigenvalue weighted by Crippen LogP contribution is 2.24. The van der Waals surface area contributed by atoms with E-state index in [-0.39, 0.29) is 19.0 Å². The summed E-state index contributed by atoms with van der Waals surface area (Å²) in [6.45, 7) is 2.44. The molecule has 0 bridgehead atoms. The number of hydrogen-bond donors (Lipinski definition) is 1. The van der Waals surface area contributed by atoms with Crippen LogP contribution in [0.25, 0.3) is 0 Å². The van der Waals surface area contributed by atoms with Crippen LogP contribution in [0.4, 0.5) is 11.4 Å². The first-order valence-corrected chi connectivity index (χ1v) is 10.8. The van der Waals surface area contributed by atoms with Gasteiger partial charge in [0, 0.05) is 37.7 Å². The highest BCUT2D eigenvalue weighted by Gasteiger charge is 2.19. The second kappa shape index (κ2) is 8.39. The fraction of sp³-hybridized carbons (Fsp3) is 0.368. The lowest BCUT2D eigenvalue weighted by atomic mass is 10.2. The van der Waals surface area contributed by atoms with Crippen LogP contribution in [0.5, 0.6) is 0 Å². The molecule has 0 saturated carbocycles. The third kappa shape index (κ3) is 4.97. The minimum absolute atomic E-state index is 0.161. The van der Waals surface area contributed by atoms with Crippen molar-refractivity contribution in [1.82, 2.24) is 10.3 Å². The zero-order valence-corrected chi connectivity index (χ0v) is 16.2. The number of nitrogens with one attached hydrogen (secondary N) is 1. The van der Waals surface area contributed by atoms with Crippen LogP contribution in [0, 0.1) is 0 Å². The maximum Gasteiger partial charge on any atom is 0.252 e. The molecular formula is C19H24N4O3S. The molecule has 1 aromatic carbocycles. The third-order valence-corrected chi connectivity index (χ3v) is 5.73. The van der Waals surface area contributed by atoms with Crippen molar-refractivity contribution < 1.29 is 13.2 Å². The molecule has 1 aromatic heterocycles. The van der Waals surface area contributed by atoms with Gasteiger partial charge >= 0.3 is 0 Å². The van der Waals surface area contributed by atoms with E-state index in [1.54, 1.807) is 18.3 Å². The van der Waals surface area contributed by atoms with Gasteiger partial charge in [0.2, 0.25) is 10.0 Å². The van der Waals surface area contributed by atoms with Gasteiger partial charge in [-0.25, -0.2) is 8.42 Å². The van der Waals surface area contributed by atoms with Crippen molar-refractivity contribution in [3.63, 3.8) is 0 Å². The smallest absolute Gasteiger partial charge is 0.252 e. The van der Waals surface area contributed by atoms with E-state index in [9.17, 15) is 13.2 Å². The number of sulfonamides is 1. The Labute approximate surface area is 160 Å². The lowest BCUT2D eigenvalue weighted by Gasteiger charge is -2.24. The van der Waals surface area contributed by atoms with E-state index in [4.69, 9.17) is 0 Å². The quantitative estimate of drug-likeness (QED) is 0.783. The average molecular weight is 388 g/mol. The number of nitrogens with zero attached hydrogens (tertiary/aromatic N) is 3. The Morgan fingerprint density at radius 3 is 2.48 bits per heavy atom. The summed E-state index contributed by atoms with van der Waals surface area (Å²) in [5, 5.41) is 2.73. The van der Waals surface area contributed by atoms with Gasteiger partial charge in [0.25, 0.3) is 5.91 Å². The van der Waals surface area contributed by atoms with Crippen molar-refractivity contribution in [1.29, 1.82) is 0 Å². The Hall–Kier alpha value is -2.61. The molecule has 1 saturated heterocycles. The number of aromatic nitrogens is 1. The summed E-state index contributed by atoms with van der Waals surface area (Å²) in [6.07, 6.45) is 6.61. The summed E-state index contributed by atoms with van der Waals surface area (Å²) in [4.78, 5) is 18.3. The average Bonchev–Trinajstić information content (AvgIpc) is 3.20. The molecule has 1 aliphatic heterocycles. The standard InChI is InChI=1S/C19H24N4O3S/c1-27(25,26)23(14-11-21-19(24)16-5-4-10-20-15-16)18-8-6-17(7-9-18)22-12-2-3-13-22/h4-10,15H,2-3,11-14H2,1H3,(H,21,24). The van der Waals surface area contributed by atoms with Gasteiger partial charge in [-0.05, 0) is 49.2 Å². The molecule has 7 nitrogen and oxygen atoms in total. The van der Waals surface area contributed by atoms with Gasteiger partial charge in [-0.15, -0.1) is 0 Å². The minimum Gasteiger partial charge on any atom is -0.372 e. The largest absolute Gasteiger partial charge is 0.372 e. The predicted molar refractivity (Wildman–Crippen MR) is 107 cm³/mol. The number of carbonyl (C=O) groups is 1. The van der Waals surface area contributed by atoms with Crippen LogP contribution >= 0.6 is 0 Å². The van der Waals surface area contributed by atoms with E-state index < -0.39 is 10.0 Å². The molecule has 2 aromatic rings. The molecular weight excluding hydrogens is 364 g/mol. The maximum atomic E-state index is 12.2. The first-order valence-electron chi connectivity index (χ1n) is 8.96. The van der Waals surface area contributed by atoms with Crippen LogP contribution < -0.4 is 14.5 Å². The van der Waals surface area contributed by atoms with Gasteiger partial charge in [0.1, 0.15) is 0 Å². The van der Waals surface area contributed by atoms with Crippen molar-refractivity contribution >= 4 is 27.3 Å². The Balaban J connectivity index is 1.65. The molecule has 1 amide bonds. The maximum absolute atomic E-state index is 12.2. The molecule has 3 rings (SSSR count). The minimum atomic E-state index is -3.46. The second-order valence-electron chi connectivity index (χ2n) is 6.54. The van der Waals surface area contributed by atoms with Crippen molar-refractivity contribution in [2.45, 2.75) is 12.8 Å². The van der Waals surface area contributed by atoms with Crippen LogP contribution in [0.1, 0.15) is 23.2 Å². The summed E-state index contributed by atoms with van der Waals surface area (Å²) in [7, 11) is -3.46. The molecule has 0 spiro atoms. The van der Waals surface area contributed by atoms with Gasteiger partial charge in [-0.3, -0.25) is 14.1 Å². The van der Waals surface area contributed by atoms with E-state index in [0.717, 1.165) is 18.8 Å². The first-order chi connectivity index (χ1) is 12.9. The van der Waals surface area contributed by atoms with Crippen LogP contribution in [0.2, 0.25) is 0 Å². The van der Waals surface area contributed by atoms with E-state index in [1.165, 1.54) is 29.6 Å². The molecule has 0 aliphatic carbocycles. The molecule has 1 aliphatic rings. The molecule has 27 heavy (non-hydrogen) atoms. The fourth-order valence-corrected chi connectivity index (χ4v) is 4.09. The normalized spacial score (nSPS) is 14.2. The van der Waals surface area contributed by atoms with Crippen LogP contribution in [-0.2, 0) is 10.0 Å². The lowest BCUT2D eigenvalue weighted by Crippen LogP contribution is -2.38. The molecule has 0 atom stereocenters. The topological polar surface area (TPSA) is 82.6 Å². The van der Waals surface area contributed by atoms with Gasteiger partial charge in [-0.1, -0.05) is 0 Å². The SMILES string of the molecule is CS(=O)(=O)N(CCNC(=O)c1cccnc1)c1ccc(N2CCCC2)cc1. The van der Waals surface area contributed by atoms with E-state index in [2.05, 4.69) is 15.2 Å². The number of anilines is 2. The molecule has 144 valence electrons. The Bertz CT molecular complexity index is 864. The second-order valence-corrected chi connectivity index (χ2v) is 8.45. The lowest BCUT2D eigenvalue weighted by molar-refractivity contribution is 0.0954. The van der Waals surface area contributed by atoms with Crippen LogP contribution in [0.3, 0.4) is 0 Å². The molecule has 8 heteroatoms. The number of hydrogen-bond acceptors (Lipinski definition) is 5. The van der Waals surface area contributed by atoms with E-state index >= 15 is 0 Å². The van der Waals surface area contributed by atoms with Crippen molar-refractivity contribution in [3.05, 3.63) is 54.4 Å². The van der Waals surface area contributed by atoms with Gasteiger partial charge in [0.05, 0.1) is 24.1 Å². The summed E-state index contributed by atoms with van der Waals surface area (Å²) < 4.78 is 25.7. The van der Waals surface area contributed by atoms with Crippen LogP contribution in [0.15, 0.2) is 48.8 Å². The van der Waals surface area contributed by atoms with Gasteiger partial charge in [0.15, 0.2) is 0 Å². The summed E-state index contributed by atoms with van der Waals surface area (Å²) in [6, 6.07) is 10.9. The van der Waals surface area contributed by atoms with Crippen molar-refractivity contribution in [3.8, 4) is 0 Å². The van der Waals surface area contributed by atoms with Gasteiger partial charge in [-0.2, -0.15) is 0 Å². The summed E-state index contributed by atoms with van der Waals surface area (Å²) in [5.74, 6) is -0.277. The number of pyridine rings is 1. The highest BCUT2D eigenvalue weighted by atomic mass is 32.2. The summed E-state index contributed by atoms with van der Waals surface area (Å²) in [5.41, 5.74) is 2.14. The van der Waals surface area contributed by atoms with E-state index in [1.807, 2.05) is 24.3 Å². The number of amides is 1. The number of benzene rings is 1. The predicted octanol–water partition coefficient (Wildman–Crippen LogP) is 1.88. The van der Waals surface area contributed by atoms with E-state index in [0.29, 0.717) is 11.3 Å². The monoisotopic (exact) mass is 388 g/mol. The molecule has 1 N–H and O–H groups in total. The molecule has 1 fully saturated rings. The third-order valence-electron chi connectivity index (χ3n) is 4.53. The number of carbonyl (C=O) groups excluding carboxylic acids is 1. The van der Waals surface area contributed by atoms with Gasteiger partial charge < -0.3 is 10.2 Å². The summed E-state index contributed by atoms with van der Waals surface area (Å²) >= 11 is 0. The number of rotatable bonds is 7. The zero-order chi connectivity index (χ0) is 19.3. The Kier molecular flexibility index (Phi) is 5.95. The Morgan fingerprint density at radius 1 is 1.19 bits per heavy atom. The zero-order valence-electron chi connectivity index (χ0n) is 15.3. The molecule has 0 radical (unpaired) electrons. The fourth-order valence-electron chi connectivity index (χ4n) is 3.16. The van der Waals surface area contributed by atoms with Crippen molar-refractivity contribution in [2.24, 2.45) is 0 Å². The Morgan fingerprint density at radius 2 is 1.89 bits per heavy atom.